The first kappa shape index (κ1) is 16.5. The molecule has 0 aliphatic heterocycles. The van der Waals surface area contributed by atoms with E-state index in [1.54, 1.807) is 6.26 Å². The highest BCUT2D eigenvalue weighted by molar-refractivity contribution is 5.17. The number of furan rings is 1. The number of hydrogen-bond acceptors (Lipinski definition) is 4. The number of hydrogen-bond donors (Lipinski definition) is 1. The van der Waals surface area contributed by atoms with E-state index in [1.807, 2.05) is 0 Å². The molecule has 2 rings (SSSR count). The SMILES string of the molecule is CN(CCOCC1CC1)Cc1ccoc1CNC(C)(C)C. The Morgan fingerprint density at radius 2 is 2.14 bits per heavy atom. The smallest absolute Gasteiger partial charge is 0.122 e. The van der Waals surface area contributed by atoms with Gasteiger partial charge in [-0.3, -0.25) is 4.90 Å². The first-order chi connectivity index (χ1) is 9.94. The minimum Gasteiger partial charge on any atom is -0.468 e. The Labute approximate surface area is 128 Å². The molecule has 0 unspecified atom stereocenters. The molecular formula is C17H30N2O2. The van der Waals surface area contributed by atoms with Gasteiger partial charge in [0.2, 0.25) is 0 Å². The number of nitrogens with one attached hydrogen (secondary N) is 1. The summed E-state index contributed by atoms with van der Waals surface area (Å²) in [5, 5.41) is 3.47. The van der Waals surface area contributed by atoms with E-state index in [2.05, 4.69) is 44.1 Å². The quantitative estimate of drug-likeness (QED) is 0.710. The van der Waals surface area contributed by atoms with Crippen molar-refractivity contribution in [2.75, 3.05) is 26.8 Å². The van der Waals surface area contributed by atoms with Crippen molar-refractivity contribution in [3.8, 4) is 0 Å². The molecule has 0 bridgehead atoms. The molecule has 1 aliphatic rings. The second-order valence-corrected chi connectivity index (χ2v) is 7.23. The van der Waals surface area contributed by atoms with Gasteiger partial charge >= 0.3 is 0 Å². The fourth-order valence-electron chi connectivity index (χ4n) is 2.13. The summed E-state index contributed by atoms with van der Waals surface area (Å²) in [6, 6.07) is 2.07. The lowest BCUT2D eigenvalue weighted by Crippen LogP contribution is -2.35. The van der Waals surface area contributed by atoms with E-state index in [4.69, 9.17) is 9.15 Å². The summed E-state index contributed by atoms with van der Waals surface area (Å²) in [6.45, 7) is 10.9. The van der Waals surface area contributed by atoms with Crippen LogP contribution in [0.15, 0.2) is 16.7 Å². The monoisotopic (exact) mass is 294 g/mol. The molecule has 0 spiro atoms. The Hall–Kier alpha value is -0.840. The largest absolute Gasteiger partial charge is 0.468 e. The van der Waals surface area contributed by atoms with Gasteiger partial charge in [0.25, 0.3) is 0 Å². The third-order valence-corrected chi connectivity index (χ3v) is 3.73. The number of nitrogens with zero attached hydrogens (tertiary/aromatic N) is 1. The Morgan fingerprint density at radius 1 is 1.38 bits per heavy atom. The van der Waals surface area contributed by atoms with Crippen LogP contribution in [0.5, 0.6) is 0 Å². The summed E-state index contributed by atoms with van der Waals surface area (Å²) in [6.07, 6.45) is 4.50. The van der Waals surface area contributed by atoms with Crippen LogP contribution in [0.1, 0.15) is 44.9 Å². The molecule has 21 heavy (non-hydrogen) atoms. The molecule has 1 fully saturated rings. The number of ether oxygens (including phenoxy) is 1. The van der Waals surface area contributed by atoms with Crippen molar-refractivity contribution < 1.29 is 9.15 Å². The van der Waals surface area contributed by atoms with E-state index in [-0.39, 0.29) is 5.54 Å². The number of likely N-dealkylation sites (N-methyl/N-ethyl adjacent to an activating group) is 1. The molecule has 1 aromatic heterocycles. The fourth-order valence-corrected chi connectivity index (χ4v) is 2.13. The fraction of sp³-hybridized carbons (Fsp3) is 0.765. The molecular weight excluding hydrogens is 264 g/mol. The first-order valence-electron chi connectivity index (χ1n) is 8.00. The van der Waals surface area contributed by atoms with E-state index in [0.717, 1.165) is 44.5 Å². The molecule has 0 amide bonds. The van der Waals surface area contributed by atoms with Crippen molar-refractivity contribution >= 4 is 0 Å². The Balaban J connectivity index is 1.69. The highest BCUT2D eigenvalue weighted by Gasteiger charge is 2.21. The molecule has 1 saturated carbocycles. The zero-order valence-corrected chi connectivity index (χ0v) is 13.9. The van der Waals surface area contributed by atoms with Crippen molar-refractivity contribution in [1.29, 1.82) is 0 Å². The van der Waals surface area contributed by atoms with Crippen molar-refractivity contribution in [2.24, 2.45) is 5.92 Å². The number of rotatable bonds is 9. The zero-order valence-electron chi connectivity index (χ0n) is 13.9. The van der Waals surface area contributed by atoms with E-state index >= 15 is 0 Å². The van der Waals surface area contributed by atoms with Crippen molar-refractivity contribution in [3.63, 3.8) is 0 Å². The van der Waals surface area contributed by atoms with Crippen LogP contribution < -0.4 is 5.32 Å². The summed E-state index contributed by atoms with van der Waals surface area (Å²) in [5.74, 6) is 1.88. The zero-order chi connectivity index (χ0) is 15.3. The van der Waals surface area contributed by atoms with Gasteiger partial charge in [-0.05, 0) is 52.6 Å². The molecule has 0 radical (unpaired) electrons. The van der Waals surface area contributed by atoms with E-state index < -0.39 is 0 Å². The molecule has 1 aromatic rings. The third kappa shape index (κ3) is 6.64. The first-order valence-corrected chi connectivity index (χ1v) is 8.00. The third-order valence-electron chi connectivity index (χ3n) is 3.73. The van der Waals surface area contributed by atoms with Crippen LogP contribution >= 0.6 is 0 Å². The predicted octanol–water partition coefficient (Wildman–Crippen LogP) is 3.03. The van der Waals surface area contributed by atoms with E-state index in [0.29, 0.717) is 0 Å². The van der Waals surface area contributed by atoms with Crippen LogP contribution in [-0.2, 0) is 17.8 Å². The van der Waals surface area contributed by atoms with Gasteiger partial charge in [-0.1, -0.05) is 0 Å². The van der Waals surface area contributed by atoms with Gasteiger partial charge in [0, 0.05) is 30.8 Å². The molecule has 0 saturated heterocycles. The lowest BCUT2D eigenvalue weighted by molar-refractivity contribution is 0.102. The molecule has 1 heterocycles. The normalized spacial score (nSPS) is 15.9. The van der Waals surface area contributed by atoms with Gasteiger partial charge in [-0.2, -0.15) is 0 Å². The second kappa shape index (κ2) is 7.43. The average molecular weight is 294 g/mol. The minimum absolute atomic E-state index is 0.104. The molecule has 0 aromatic carbocycles. The summed E-state index contributed by atoms with van der Waals surface area (Å²) in [4.78, 5) is 2.29. The summed E-state index contributed by atoms with van der Waals surface area (Å²) in [7, 11) is 2.13. The summed E-state index contributed by atoms with van der Waals surface area (Å²) in [5.41, 5.74) is 1.36. The van der Waals surface area contributed by atoms with E-state index in [1.165, 1.54) is 18.4 Å². The van der Waals surface area contributed by atoms with Crippen LogP contribution in [0.2, 0.25) is 0 Å². The highest BCUT2D eigenvalue weighted by Crippen LogP contribution is 2.28. The highest BCUT2D eigenvalue weighted by atomic mass is 16.5. The Morgan fingerprint density at radius 3 is 2.81 bits per heavy atom. The molecule has 120 valence electrons. The summed E-state index contributed by atoms with van der Waals surface area (Å²) < 4.78 is 11.3. The maximum absolute atomic E-state index is 5.69. The van der Waals surface area contributed by atoms with Gasteiger partial charge in [0.15, 0.2) is 0 Å². The second-order valence-electron chi connectivity index (χ2n) is 7.23. The summed E-state index contributed by atoms with van der Waals surface area (Å²) >= 11 is 0. The molecule has 1 N–H and O–H groups in total. The maximum Gasteiger partial charge on any atom is 0.122 e. The lowest BCUT2D eigenvalue weighted by atomic mass is 10.1. The van der Waals surface area contributed by atoms with Gasteiger partial charge in [-0.15, -0.1) is 0 Å². The van der Waals surface area contributed by atoms with Crippen molar-refractivity contribution in [2.45, 2.75) is 52.2 Å². The molecule has 0 atom stereocenters. The standard InChI is InChI=1S/C17H30N2O2/c1-17(2,3)18-11-16-15(7-9-21-16)12-19(4)8-10-20-13-14-5-6-14/h7,9,14,18H,5-6,8,10-13H2,1-4H3. The van der Waals surface area contributed by atoms with Crippen molar-refractivity contribution in [3.05, 3.63) is 23.7 Å². The Bertz CT molecular complexity index is 419. The van der Waals surface area contributed by atoms with Crippen LogP contribution in [0.25, 0.3) is 0 Å². The van der Waals surface area contributed by atoms with Gasteiger partial charge in [0.1, 0.15) is 5.76 Å². The van der Waals surface area contributed by atoms with E-state index in [9.17, 15) is 0 Å². The molecule has 1 aliphatic carbocycles. The molecule has 4 nitrogen and oxygen atoms in total. The topological polar surface area (TPSA) is 37.6 Å². The van der Waals surface area contributed by atoms with Gasteiger partial charge in [-0.25, -0.2) is 0 Å². The lowest BCUT2D eigenvalue weighted by Gasteiger charge is -2.21. The molecule has 4 heteroatoms. The maximum atomic E-state index is 5.69. The van der Waals surface area contributed by atoms with Crippen LogP contribution in [0.4, 0.5) is 0 Å². The Kier molecular flexibility index (Phi) is 5.85. The van der Waals surface area contributed by atoms with Crippen molar-refractivity contribution in [1.82, 2.24) is 10.2 Å². The average Bonchev–Trinajstić information content (AvgIpc) is 3.11. The van der Waals surface area contributed by atoms with Gasteiger partial charge < -0.3 is 14.5 Å². The van der Waals surface area contributed by atoms with Gasteiger partial charge in [0.05, 0.1) is 19.4 Å². The van der Waals surface area contributed by atoms with Crippen LogP contribution in [-0.4, -0.2) is 37.2 Å². The predicted molar refractivity (Wildman–Crippen MR) is 85.2 cm³/mol. The van der Waals surface area contributed by atoms with Crippen LogP contribution in [0, 0.1) is 5.92 Å². The van der Waals surface area contributed by atoms with Crippen LogP contribution in [0.3, 0.4) is 0 Å². The minimum atomic E-state index is 0.104.